The zero-order chi connectivity index (χ0) is 8.43. The van der Waals surface area contributed by atoms with Crippen molar-refractivity contribution in [3.8, 4) is 0 Å². The van der Waals surface area contributed by atoms with E-state index in [2.05, 4.69) is 5.10 Å². The molecule has 1 rings (SSSR count). The first kappa shape index (κ1) is 8.56. The fourth-order valence-electron chi connectivity index (χ4n) is 1.03. The SMILES string of the molecule is Cc1nn(C)cc1[C@H](O)CCl. The maximum Gasteiger partial charge on any atom is 0.0958 e. The molecule has 1 atom stereocenters. The Labute approximate surface area is 70.6 Å². The molecule has 0 aliphatic rings. The summed E-state index contributed by atoms with van der Waals surface area (Å²) in [7, 11) is 1.82. The molecule has 62 valence electrons. The quantitative estimate of drug-likeness (QED) is 0.680. The molecule has 1 N–H and O–H groups in total. The number of alkyl halides is 1. The first-order valence-electron chi connectivity index (χ1n) is 3.39. The Bertz CT molecular complexity index is 247. The molecule has 1 aromatic rings. The summed E-state index contributed by atoms with van der Waals surface area (Å²) in [5, 5.41) is 13.4. The Hall–Kier alpha value is -0.540. The topological polar surface area (TPSA) is 38.0 Å². The summed E-state index contributed by atoms with van der Waals surface area (Å²) >= 11 is 5.48. The second-order valence-corrected chi connectivity index (χ2v) is 2.82. The lowest BCUT2D eigenvalue weighted by Gasteiger charge is -2.02. The van der Waals surface area contributed by atoms with E-state index in [1.54, 1.807) is 10.9 Å². The summed E-state index contributed by atoms with van der Waals surface area (Å²) in [6.45, 7) is 1.85. The van der Waals surface area contributed by atoms with Crippen molar-refractivity contribution in [3.05, 3.63) is 17.5 Å². The number of aryl methyl sites for hydroxylation is 2. The largest absolute Gasteiger partial charge is 0.387 e. The Morgan fingerprint density at radius 1 is 1.82 bits per heavy atom. The van der Waals surface area contributed by atoms with Gasteiger partial charge in [0.2, 0.25) is 0 Å². The molecule has 0 aliphatic carbocycles. The Morgan fingerprint density at radius 3 is 2.82 bits per heavy atom. The van der Waals surface area contributed by atoms with Gasteiger partial charge in [-0.2, -0.15) is 5.10 Å². The van der Waals surface area contributed by atoms with Crippen molar-refractivity contribution in [2.75, 3.05) is 5.88 Å². The Morgan fingerprint density at radius 2 is 2.45 bits per heavy atom. The molecule has 4 heteroatoms. The maximum absolute atomic E-state index is 9.34. The molecule has 0 unspecified atom stereocenters. The van der Waals surface area contributed by atoms with Gasteiger partial charge in [0.15, 0.2) is 0 Å². The standard InChI is InChI=1S/C7H11ClN2O/c1-5-6(7(11)3-8)4-10(2)9-5/h4,7,11H,3H2,1-2H3/t7-/m1/s1. The molecule has 3 nitrogen and oxygen atoms in total. The average Bonchev–Trinajstić information content (AvgIpc) is 2.28. The van der Waals surface area contributed by atoms with Gasteiger partial charge in [-0.3, -0.25) is 4.68 Å². The van der Waals surface area contributed by atoms with E-state index in [1.165, 1.54) is 0 Å². The fraction of sp³-hybridized carbons (Fsp3) is 0.571. The summed E-state index contributed by atoms with van der Waals surface area (Å²) in [4.78, 5) is 0. The minimum absolute atomic E-state index is 0.215. The smallest absolute Gasteiger partial charge is 0.0958 e. The van der Waals surface area contributed by atoms with Gasteiger partial charge in [0, 0.05) is 18.8 Å². The highest BCUT2D eigenvalue weighted by Gasteiger charge is 2.11. The molecule has 0 amide bonds. The lowest BCUT2D eigenvalue weighted by atomic mass is 10.2. The Balaban J connectivity index is 2.93. The van der Waals surface area contributed by atoms with E-state index >= 15 is 0 Å². The van der Waals surface area contributed by atoms with Crippen molar-refractivity contribution in [3.63, 3.8) is 0 Å². The zero-order valence-corrected chi connectivity index (χ0v) is 7.34. The highest BCUT2D eigenvalue weighted by Crippen LogP contribution is 2.16. The van der Waals surface area contributed by atoms with Gasteiger partial charge < -0.3 is 5.11 Å². The van der Waals surface area contributed by atoms with Crippen molar-refractivity contribution < 1.29 is 5.11 Å². The summed E-state index contributed by atoms with van der Waals surface area (Å²) in [5.74, 6) is 0.215. The van der Waals surface area contributed by atoms with Crippen LogP contribution in [0, 0.1) is 6.92 Å². The zero-order valence-electron chi connectivity index (χ0n) is 6.58. The second kappa shape index (κ2) is 3.24. The van der Waals surface area contributed by atoms with Crippen LogP contribution in [-0.2, 0) is 7.05 Å². The Kier molecular flexibility index (Phi) is 2.52. The first-order valence-corrected chi connectivity index (χ1v) is 3.92. The first-order chi connectivity index (χ1) is 5.15. The third kappa shape index (κ3) is 1.73. The van der Waals surface area contributed by atoms with E-state index in [0.29, 0.717) is 0 Å². The monoisotopic (exact) mass is 174 g/mol. The number of aliphatic hydroxyl groups excluding tert-OH is 1. The van der Waals surface area contributed by atoms with Crippen LogP contribution in [0.2, 0.25) is 0 Å². The predicted molar refractivity (Wildman–Crippen MR) is 43.6 cm³/mol. The van der Waals surface area contributed by atoms with E-state index in [-0.39, 0.29) is 5.88 Å². The van der Waals surface area contributed by atoms with E-state index in [0.717, 1.165) is 11.3 Å². The van der Waals surface area contributed by atoms with Gasteiger partial charge in [0.25, 0.3) is 0 Å². The summed E-state index contributed by atoms with van der Waals surface area (Å²) in [5.41, 5.74) is 1.64. The van der Waals surface area contributed by atoms with Crippen LogP contribution < -0.4 is 0 Å². The normalized spacial score (nSPS) is 13.5. The lowest BCUT2D eigenvalue weighted by molar-refractivity contribution is 0.202. The molecule has 1 aromatic heterocycles. The molecule has 11 heavy (non-hydrogen) atoms. The fourth-order valence-corrected chi connectivity index (χ4v) is 1.19. The number of hydrogen-bond donors (Lipinski definition) is 1. The van der Waals surface area contributed by atoms with Crippen molar-refractivity contribution in [1.82, 2.24) is 9.78 Å². The number of aromatic nitrogens is 2. The highest BCUT2D eigenvalue weighted by molar-refractivity contribution is 6.18. The van der Waals surface area contributed by atoms with Crippen LogP contribution in [0.3, 0.4) is 0 Å². The highest BCUT2D eigenvalue weighted by atomic mass is 35.5. The third-order valence-electron chi connectivity index (χ3n) is 1.56. The molecular weight excluding hydrogens is 164 g/mol. The van der Waals surface area contributed by atoms with Crippen LogP contribution in [0.15, 0.2) is 6.20 Å². The van der Waals surface area contributed by atoms with E-state index in [9.17, 15) is 5.11 Å². The molecular formula is C7H11ClN2O. The molecule has 1 heterocycles. The molecule has 0 saturated carbocycles. The van der Waals surface area contributed by atoms with Crippen molar-refractivity contribution >= 4 is 11.6 Å². The maximum atomic E-state index is 9.34. The molecule has 0 fully saturated rings. The van der Waals surface area contributed by atoms with Crippen LogP contribution in [0.1, 0.15) is 17.4 Å². The van der Waals surface area contributed by atoms with Gasteiger partial charge in [0.05, 0.1) is 17.7 Å². The third-order valence-corrected chi connectivity index (χ3v) is 1.85. The van der Waals surface area contributed by atoms with E-state index in [1.807, 2.05) is 14.0 Å². The number of nitrogens with zero attached hydrogens (tertiary/aromatic N) is 2. The molecule has 0 saturated heterocycles. The van der Waals surface area contributed by atoms with Gasteiger partial charge in [-0.05, 0) is 6.92 Å². The van der Waals surface area contributed by atoms with Crippen molar-refractivity contribution in [1.29, 1.82) is 0 Å². The average molecular weight is 175 g/mol. The van der Waals surface area contributed by atoms with Gasteiger partial charge in [-0.1, -0.05) is 0 Å². The molecule has 0 aromatic carbocycles. The predicted octanol–water partition coefficient (Wildman–Crippen LogP) is 1.00. The number of aliphatic hydroxyl groups is 1. The summed E-state index contributed by atoms with van der Waals surface area (Å²) in [6.07, 6.45) is 1.19. The summed E-state index contributed by atoms with van der Waals surface area (Å²) < 4.78 is 1.67. The molecule has 0 radical (unpaired) electrons. The summed E-state index contributed by atoms with van der Waals surface area (Å²) in [6, 6.07) is 0. The molecule has 0 bridgehead atoms. The minimum Gasteiger partial charge on any atom is -0.387 e. The van der Waals surface area contributed by atoms with Gasteiger partial charge >= 0.3 is 0 Å². The van der Waals surface area contributed by atoms with Crippen LogP contribution in [0.4, 0.5) is 0 Å². The van der Waals surface area contributed by atoms with Crippen LogP contribution in [0.25, 0.3) is 0 Å². The number of hydrogen-bond acceptors (Lipinski definition) is 2. The lowest BCUT2D eigenvalue weighted by Crippen LogP contribution is -1.98. The minimum atomic E-state index is -0.592. The van der Waals surface area contributed by atoms with Crippen LogP contribution >= 0.6 is 11.6 Å². The van der Waals surface area contributed by atoms with Gasteiger partial charge in [-0.15, -0.1) is 11.6 Å². The van der Waals surface area contributed by atoms with Gasteiger partial charge in [-0.25, -0.2) is 0 Å². The molecule has 0 spiro atoms. The molecule has 0 aliphatic heterocycles. The van der Waals surface area contributed by atoms with E-state index < -0.39 is 6.10 Å². The van der Waals surface area contributed by atoms with Crippen molar-refractivity contribution in [2.45, 2.75) is 13.0 Å². The second-order valence-electron chi connectivity index (χ2n) is 2.51. The number of halogens is 1. The van der Waals surface area contributed by atoms with Crippen molar-refractivity contribution in [2.24, 2.45) is 7.05 Å². The number of rotatable bonds is 2. The van der Waals surface area contributed by atoms with Crippen LogP contribution in [0.5, 0.6) is 0 Å². The van der Waals surface area contributed by atoms with Crippen LogP contribution in [-0.4, -0.2) is 20.8 Å². The van der Waals surface area contributed by atoms with E-state index in [4.69, 9.17) is 11.6 Å². The van der Waals surface area contributed by atoms with Gasteiger partial charge in [0.1, 0.15) is 0 Å².